The average molecular weight is 229 g/mol. The van der Waals surface area contributed by atoms with Gasteiger partial charge >= 0.3 is 0 Å². The molecule has 2 rings (SSSR count). The molecule has 0 saturated heterocycles. The first-order valence-corrected chi connectivity index (χ1v) is 5.98. The number of hydrogen-bond acceptors (Lipinski definition) is 5. The minimum absolute atomic E-state index is 0.00981. The molecule has 0 aliphatic carbocycles. The van der Waals surface area contributed by atoms with Crippen molar-refractivity contribution in [3.8, 4) is 5.75 Å². The van der Waals surface area contributed by atoms with Crippen LogP contribution in [0.4, 0.5) is 0 Å². The number of fused-ring (bicyclic) bond motifs is 1. The summed E-state index contributed by atoms with van der Waals surface area (Å²) >= 11 is 0. The maximum atomic E-state index is 11.9. The van der Waals surface area contributed by atoms with Gasteiger partial charge in [-0.15, -0.1) is 0 Å². The van der Waals surface area contributed by atoms with Gasteiger partial charge in [-0.25, -0.2) is 14.3 Å². The summed E-state index contributed by atoms with van der Waals surface area (Å²) < 4.78 is 23.8. The second-order valence-electron chi connectivity index (χ2n) is 3.46. The van der Waals surface area contributed by atoms with Crippen molar-refractivity contribution in [2.24, 2.45) is 5.90 Å². The molecule has 1 aliphatic heterocycles. The van der Waals surface area contributed by atoms with Gasteiger partial charge in [0.1, 0.15) is 5.75 Å². The van der Waals surface area contributed by atoms with Crippen LogP contribution in [0, 0.1) is 0 Å². The van der Waals surface area contributed by atoms with Crippen molar-refractivity contribution in [2.45, 2.75) is 16.6 Å². The van der Waals surface area contributed by atoms with Crippen molar-refractivity contribution in [2.75, 3.05) is 6.61 Å². The van der Waals surface area contributed by atoms with Crippen LogP contribution >= 0.6 is 0 Å². The number of benzene rings is 1. The Labute approximate surface area is 87.3 Å². The van der Waals surface area contributed by atoms with E-state index in [0.29, 0.717) is 5.56 Å². The van der Waals surface area contributed by atoms with E-state index >= 15 is 0 Å². The number of phenolic OH excluding ortho intramolecular Hbond substituents is 1. The van der Waals surface area contributed by atoms with Gasteiger partial charge < -0.3 is 9.94 Å². The first kappa shape index (κ1) is 10.4. The number of aromatic hydroxyl groups is 1. The number of sulfone groups is 1. The lowest BCUT2D eigenvalue weighted by Crippen LogP contribution is -2.24. The molecule has 0 radical (unpaired) electrons. The van der Waals surface area contributed by atoms with Crippen molar-refractivity contribution < 1.29 is 18.4 Å². The fraction of sp³-hybridized carbons (Fsp3) is 0.333. The Kier molecular flexibility index (Phi) is 2.41. The van der Waals surface area contributed by atoms with Gasteiger partial charge in [-0.1, -0.05) is 6.07 Å². The van der Waals surface area contributed by atoms with Gasteiger partial charge in [-0.2, -0.15) is 0 Å². The molecule has 0 bridgehead atoms. The topological polar surface area (TPSA) is 89.6 Å². The van der Waals surface area contributed by atoms with Gasteiger partial charge in [-0.05, 0) is 18.6 Å². The van der Waals surface area contributed by atoms with Gasteiger partial charge in [0.2, 0.25) is 0 Å². The SMILES string of the molecule is NOCC1Cc2c(O)cccc2S1(=O)=O. The zero-order valence-corrected chi connectivity index (χ0v) is 8.70. The van der Waals surface area contributed by atoms with E-state index in [0.717, 1.165) is 0 Å². The number of rotatable bonds is 2. The first-order valence-electron chi connectivity index (χ1n) is 4.44. The van der Waals surface area contributed by atoms with E-state index in [1.807, 2.05) is 0 Å². The summed E-state index contributed by atoms with van der Waals surface area (Å²) in [6.45, 7) is -0.0591. The molecule has 0 amide bonds. The maximum absolute atomic E-state index is 11.9. The highest BCUT2D eigenvalue weighted by Crippen LogP contribution is 2.36. The van der Waals surface area contributed by atoms with Crippen molar-refractivity contribution in [1.82, 2.24) is 0 Å². The van der Waals surface area contributed by atoms with Gasteiger partial charge in [-0.3, -0.25) is 0 Å². The standard InChI is InChI=1S/C9H11NO4S/c10-14-5-6-4-7-8(11)2-1-3-9(7)15(6,12)13/h1-3,6,11H,4-5,10H2. The maximum Gasteiger partial charge on any atom is 0.184 e. The molecule has 3 N–H and O–H groups in total. The summed E-state index contributed by atoms with van der Waals surface area (Å²) in [4.78, 5) is 4.56. The van der Waals surface area contributed by atoms with E-state index in [4.69, 9.17) is 5.90 Å². The van der Waals surface area contributed by atoms with Gasteiger partial charge in [0.25, 0.3) is 0 Å². The Morgan fingerprint density at radius 2 is 2.27 bits per heavy atom. The first-order chi connectivity index (χ1) is 7.07. The zero-order chi connectivity index (χ0) is 11.1. The van der Waals surface area contributed by atoms with E-state index in [1.165, 1.54) is 18.2 Å². The zero-order valence-electron chi connectivity index (χ0n) is 7.88. The van der Waals surface area contributed by atoms with Crippen LogP contribution in [0.5, 0.6) is 5.75 Å². The lowest BCUT2D eigenvalue weighted by atomic mass is 10.1. The molecule has 1 aromatic carbocycles. The lowest BCUT2D eigenvalue weighted by Gasteiger charge is -2.05. The van der Waals surface area contributed by atoms with Crippen LogP contribution in [-0.4, -0.2) is 25.4 Å². The molecule has 1 atom stereocenters. The van der Waals surface area contributed by atoms with Gasteiger partial charge in [0, 0.05) is 5.56 Å². The second-order valence-corrected chi connectivity index (χ2v) is 5.65. The van der Waals surface area contributed by atoms with E-state index < -0.39 is 15.1 Å². The highest BCUT2D eigenvalue weighted by molar-refractivity contribution is 7.92. The minimum Gasteiger partial charge on any atom is -0.508 e. The largest absolute Gasteiger partial charge is 0.508 e. The summed E-state index contributed by atoms with van der Waals surface area (Å²) in [5, 5.41) is 8.82. The Bertz CT molecular complexity index is 483. The summed E-state index contributed by atoms with van der Waals surface area (Å²) in [5.41, 5.74) is 0.458. The minimum atomic E-state index is -3.40. The Morgan fingerprint density at radius 3 is 2.87 bits per heavy atom. The Balaban J connectivity index is 2.52. The molecule has 15 heavy (non-hydrogen) atoms. The van der Waals surface area contributed by atoms with Crippen molar-refractivity contribution >= 4 is 9.84 Å². The van der Waals surface area contributed by atoms with E-state index in [9.17, 15) is 13.5 Å². The molecule has 1 aromatic rings. The monoisotopic (exact) mass is 229 g/mol. The van der Waals surface area contributed by atoms with Crippen LogP contribution in [-0.2, 0) is 21.1 Å². The molecular formula is C9H11NO4S. The Morgan fingerprint density at radius 1 is 1.53 bits per heavy atom. The van der Waals surface area contributed by atoms with Crippen molar-refractivity contribution in [1.29, 1.82) is 0 Å². The van der Waals surface area contributed by atoms with Crippen LogP contribution in [0.2, 0.25) is 0 Å². The molecule has 0 aromatic heterocycles. The third kappa shape index (κ3) is 1.50. The van der Waals surface area contributed by atoms with E-state index in [2.05, 4.69) is 4.84 Å². The molecule has 0 fully saturated rings. The molecule has 82 valence electrons. The summed E-state index contributed by atoms with van der Waals surface area (Å²) in [7, 11) is -3.40. The van der Waals surface area contributed by atoms with Gasteiger partial charge in [0.15, 0.2) is 9.84 Å². The molecule has 1 heterocycles. The second kappa shape index (κ2) is 3.48. The van der Waals surface area contributed by atoms with Crippen molar-refractivity contribution in [3.05, 3.63) is 23.8 Å². The molecule has 6 heteroatoms. The third-order valence-electron chi connectivity index (χ3n) is 2.57. The van der Waals surface area contributed by atoms with Crippen LogP contribution in [0.3, 0.4) is 0 Å². The molecule has 5 nitrogen and oxygen atoms in total. The van der Waals surface area contributed by atoms with Crippen LogP contribution in [0.15, 0.2) is 23.1 Å². The van der Waals surface area contributed by atoms with Crippen LogP contribution < -0.4 is 5.90 Å². The molecule has 1 unspecified atom stereocenters. The fourth-order valence-corrected chi connectivity index (χ4v) is 3.60. The third-order valence-corrected chi connectivity index (χ3v) is 4.74. The fourth-order valence-electron chi connectivity index (χ4n) is 1.80. The average Bonchev–Trinajstić information content (AvgIpc) is 2.43. The summed E-state index contributed by atoms with van der Waals surface area (Å²) in [5.74, 6) is 4.89. The molecule has 0 saturated carbocycles. The highest BCUT2D eigenvalue weighted by atomic mass is 32.2. The van der Waals surface area contributed by atoms with E-state index in [1.54, 1.807) is 0 Å². The van der Waals surface area contributed by atoms with Crippen LogP contribution in [0.1, 0.15) is 5.56 Å². The van der Waals surface area contributed by atoms with Crippen molar-refractivity contribution in [3.63, 3.8) is 0 Å². The molecular weight excluding hydrogens is 218 g/mol. The molecule has 0 spiro atoms. The predicted octanol–water partition coefficient (Wildman–Crippen LogP) is -0.0191. The Hall–Kier alpha value is -1.11. The van der Waals surface area contributed by atoms with Crippen LogP contribution in [0.25, 0.3) is 0 Å². The smallest absolute Gasteiger partial charge is 0.184 e. The number of phenols is 1. The normalized spacial score (nSPS) is 22.6. The summed E-state index contributed by atoms with van der Waals surface area (Å²) in [6.07, 6.45) is 0.252. The highest BCUT2D eigenvalue weighted by Gasteiger charge is 2.38. The van der Waals surface area contributed by atoms with E-state index in [-0.39, 0.29) is 23.7 Å². The van der Waals surface area contributed by atoms with Gasteiger partial charge in [0.05, 0.1) is 16.8 Å². The molecule has 1 aliphatic rings. The quantitative estimate of drug-likeness (QED) is 0.696. The number of nitrogens with two attached hydrogens (primary N) is 1. The summed E-state index contributed by atoms with van der Waals surface area (Å²) in [6, 6.07) is 4.47. The lowest BCUT2D eigenvalue weighted by molar-refractivity contribution is 0.138. The number of hydrogen-bond donors (Lipinski definition) is 2. The predicted molar refractivity (Wildman–Crippen MR) is 52.9 cm³/mol.